The van der Waals surface area contributed by atoms with E-state index in [1.54, 1.807) is 4.90 Å². The highest BCUT2D eigenvalue weighted by Gasteiger charge is 2.25. The lowest BCUT2D eigenvalue weighted by molar-refractivity contribution is -0.136. The zero-order chi connectivity index (χ0) is 16.8. The fourth-order valence-corrected chi connectivity index (χ4v) is 2.73. The van der Waals surface area contributed by atoms with Crippen LogP contribution in [0.4, 0.5) is 0 Å². The van der Waals surface area contributed by atoms with Gasteiger partial charge in [0.25, 0.3) is 0 Å². The minimum Gasteiger partial charge on any atom is -0.395 e. The molecule has 23 heavy (non-hydrogen) atoms. The lowest BCUT2D eigenvalue weighted by atomic mass is 10.0. The Kier molecular flexibility index (Phi) is 5.76. The van der Waals surface area contributed by atoms with Crippen LogP contribution in [0, 0.1) is 0 Å². The number of nitrogens with zero attached hydrogens (tertiary/aromatic N) is 1. The van der Waals surface area contributed by atoms with Crippen LogP contribution in [0.25, 0.3) is 10.9 Å². The normalized spacial score (nSPS) is 12.1. The number of carbonyl (C=O) groups excluding carboxylic acids is 2. The monoisotopic (exact) mass is 317 g/mol. The lowest BCUT2D eigenvalue weighted by Crippen LogP contribution is -2.49. The number of amides is 2. The summed E-state index contributed by atoms with van der Waals surface area (Å²) in [4.78, 5) is 28.9. The largest absolute Gasteiger partial charge is 0.395 e. The van der Waals surface area contributed by atoms with Crippen LogP contribution in [-0.2, 0) is 16.0 Å². The van der Waals surface area contributed by atoms with Crippen LogP contribution in [0.3, 0.4) is 0 Å². The third-order valence-electron chi connectivity index (χ3n) is 3.84. The minimum atomic E-state index is -0.641. The maximum absolute atomic E-state index is 12.7. The third-order valence-corrected chi connectivity index (χ3v) is 3.84. The number of hydrogen-bond acceptors (Lipinski definition) is 3. The first-order chi connectivity index (χ1) is 11.1. The fourth-order valence-electron chi connectivity index (χ4n) is 2.73. The molecule has 1 aromatic carbocycles. The molecule has 0 aliphatic carbocycles. The Balaban J connectivity index is 2.24. The van der Waals surface area contributed by atoms with Crippen molar-refractivity contribution in [1.82, 2.24) is 15.2 Å². The van der Waals surface area contributed by atoms with Crippen molar-refractivity contribution in [3.8, 4) is 0 Å². The molecule has 1 atom stereocenters. The molecule has 0 aliphatic rings. The lowest BCUT2D eigenvalue weighted by Gasteiger charge is -2.26. The van der Waals surface area contributed by atoms with E-state index >= 15 is 0 Å². The highest BCUT2D eigenvalue weighted by molar-refractivity contribution is 5.89. The summed E-state index contributed by atoms with van der Waals surface area (Å²) in [7, 11) is 0. The molecule has 0 fully saturated rings. The standard InChI is InChI=1S/C17H23N3O3/c1-3-20(8-9-21)17(23)16(19-12(2)22)10-13-11-18-15-7-5-4-6-14(13)15/h4-7,11,16,18,21H,3,8-10H2,1-2H3,(H,19,22). The molecule has 0 radical (unpaired) electrons. The summed E-state index contributed by atoms with van der Waals surface area (Å²) in [6.45, 7) is 3.91. The predicted octanol–water partition coefficient (Wildman–Crippen LogP) is 1.06. The van der Waals surface area contributed by atoms with E-state index in [2.05, 4.69) is 10.3 Å². The van der Waals surface area contributed by atoms with E-state index in [0.717, 1.165) is 16.5 Å². The van der Waals surface area contributed by atoms with Gasteiger partial charge in [0.2, 0.25) is 11.8 Å². The number of carbonyl (C=O) groups is 2. The second-order valence-corrected chi connectivity index (χ2v) is 5.46. The van der Waals surface area contributed by atoms with Gasteiger partial charge in [0.15, 0.2) is 0 Å². The number of rotatable bonds is 7. The van der Waals surface area contributed by atoms with E-state index < -0.39 is 6.04 Å². The second-order valence-electron chi connectivity index (χ2n) is 5.46. The minimum absolute atomic E-state index is 0.0978. The molecule has 0 saturated heterocycles. The Hall–Kier alpha value is -2.34. The van der Waals surface area contributed by atoms with Crippen molar-refractivity contribution in [2.24, 2.45) is 0 Å². The number of fused-ring (bicyclic) bond motifs is 1. The average molecular weight is 317 g/mol. The van der Waals surface area contributed by atoms with E-state index in [9.17, 15) is 9.59 Å². The van der Waals surface area contributed by atoms with Crippen molar-refractivity contribution in [3.05, 3.63) is 36.0 Å². The summed E-state index contributed by atoms with van der Waals surface area (Å²) in [5, 5.41) is 12.9. The summed E-state index contributed by atoms with van der Waals surface area (Å²) in [5.74, 6) is -0.426. The van der Waals surface area contributed by atoms with Gasteiger partial charge in [-0.1, -0.05) is 18.2 Å². The van der Waals surface area contributed by atoms with Crippen molar-refractivity contribution >= 4 is 22.7 Å². The van der Waals surface area contributed by atoms with Crippen molar-refractivity contribution in [2.75, 3.05) is 19.7 Å². The third kappa shape index (κ3) is 4.10. The molecule has 2 amide bonds. The van der Waals surface area contributed by atoms with Gasteiger partial charge in [-0.25, -0.2) is 0 Å². The zero-order valence-electron chi connectivity index (χ0n) is 13.5. The fraction of sp³-hybridized carbons (Fsp3) is 0.412. The smallest absolute Gasteiger partial charge is 0.245 e. The number of nitrogens with one attached hydrogen (secondary N) is 2. The van der Waals surface area contributed by atoms with Crippen LogP contribution < -0.4 is 5.32 Å². The van der Waals surface area contributed by atoms with Crippen LogP contribution in [-0.4, -0.2) is 52.5 Å². The number of benzene rings is 1. The van der Waals surface area contributed by atoms with Gasteiger partial charge in [0.05, 0.1) is 6.61 Å². The number of aliphatic hydroxyl groups is 1. The van der Waals surface area contributed by atoms with Gasteiger partial charge in [-0.05, 0) is 18.6 Å². The van der Waals surface area contributed by atoms with E-state index in [1.165, 1.54) is 6.92 Å². The summed E-state index contributed by atoms with van der Waals surface area (Å²) in [5.41, 5.74) is 1.98. The Labute approximate surface area is 135 Å². The summed E-state index contributed by atoms with van der Waals surface area (Å²) in [6, 6.07) is 7.20. The molecule has 124 valence electrons. The molecule has 1 unspecified atom stereocenters. The van der Waals surface area contributed by atoms with Crippen LogP contribution in [0.1, 0.15) is 19.4 Å². The van der Waals surface area contributed by atoms with Crippen molar-refractivity contribution in [1.29, 1.82) is 0 Å². The van der Waals surface area contributed by atoms with E-state index in [1.807, 2.05) is 37.4 Å². The van der Waals surface area contributed by atoms with Gasteiger partial charge in [-0.2, -0.15) is 0 Å². The number of aliphatic hydroxyl groups excluding tert-OH is 1. The van der Waals surface area contributed by atoms with E-state index in [4.69, 9.17) is 5.11 Å². The number of H-pyrrole nitrogens is 1. The van der Waals surface area contributed by atoms with Crippen LogP contribution in [0.15, 0.2) is 30.5 Å². The zero-order valence-corrected chi connectivity index (χ0v) is 13.5. The first kappa shape index (κ1) is 17.0. The number of hydrogen-bond donors (Lipinski definition) is 3. The second kappa shape index (κ2) is 7.78. The summed E-state index contributed by atoms with van der Waals surface area (Å²) in [6.07, 6.45) is 2.28. The average Bonchev–Trinajstić information content (AvgIpc) is 2.94. The van der Waals surface area contributed by atoms with Crippen LogP contribution >= 0.6 is 0 Å². The van der Waals surface area contributed by atoms with Crippen LogP contribution in [0.2, 0.25) is 0 Å². The topological polar surface area (TPSA) is 85.4 Å². The quantitative estimate of drug-likeness (QED) is 0.714. The number of likely N-dealkylation sites (N-methyl/N-ethyl adjacent to an activating group) is 1. The molecule has 6 heteroatoms. The summed E-state index contributed by atoms with van der Waals surface area (Å²) >= 11 is 0. The number of aromatic nitrogens is 1. The first-order valence-corrected chi connectivity index (χ1v) is 7.78. The molecule has 1 aromatic heterocycles. The SMILES string of the molecule is CCN(CCO)C(=O)C(Cc1c[nH]c2ccccc12)NC(C)=O. The molecule has 3 N–H and O–H groups in total. The maximum Gasteiger partial charge on any atom is 0.245 e. The molecule has 6 nitrogen and oxygen atoms in total. The molecular formula is C17H23N3O3. The number of para-hydroxylation sites is 1. The van der Waals surface area contributed by atoms with Gasteiger partial charge < -0.3 is 20.3 Å². The Morgan fingerprint density at radius 2 is 2.09 bits per heavy atom. The van der Waals surface area contributed by atoms with Gasteiger partial charge in [0, 0.05) is 43.5 Å². The summed E-state index contributed by atoms with van der Waals surface area (Å²) < 4.78 is 0. The van der Waals surface area contributed by atoms with Crippen molar-refractivity contribution in [2.45, 2.75) is 26.3 Å². The maximum atomic E-state index is 12.7. The molecule has 0 bridgehead atoms. The molecule has 0 aliphatic heterocycles. The predicted molar refractivity (Wildman–Crippen MR) is 88.9 cm³/mol. The molecular weight excluding hydrogens is 294 g/mol. The Morgan fingerprint density at radius 3 is 2.74 bits per heavy atom. The highest BCUT2D eigenvalue weighted by atomic mass is 16.3. The Bertz CT molecular complexity index is 681. The van der Waals surface area contributed by atoms with Gasteiger partial charge in [-0.3, -0.25) is 9.59 Å². The van der Waals surface area contributed by atoms with Gasteiger partial charge in [0.1, 0.15) is 6.04 Å². The molecule has 0 saturated carbocycles. The van der Waals surface area contributed by atoms with E-state index in [-0.39, 0.29) is 25.0 Å². The molecule has 2 aromatic rings. The van der Waals surface area contributed by atoms with Gasteiger partial charge in [-0.15, -0.1) is 0 Å². The van der Waals surface area contributed by atoms with Crippen molar-refractivity contribution in [3.63, 3.8) is 0 Å². The van der Waals surface area contributed by atoms with Crippen molar-refractivity contribution < 1.29 is 14.7 Å². The van der Waals surface area contributed by atoms with E-state index in [0.29, 0.717) is 13.0 Å². The molecule has 0 spiro atoms. The van der Waals surface area contributed by atoms with Gasteiger partial charge >= 0.3 is 0 Å². The Morgan fingerprint density at radius 1 is 1.35 bits per heavy atom. The van der Waals surface area contributed by atoms with Crippen LogP contribution in [0.5, 0.6) is 0 Å². The molecule has 1 heterocycles. The number of aromatic amines is 1. The highest BCUT2D eigenvalue weighted by Crippen LogP contribution is 2.19. The first-order valence-electron chi connectivity index (χ1n) is 7.78. The molecule has 2 rings (SSSR count).